The molecule has 2 aromatic heterocycles. The molecule has 7 heteroatoms. The highest BCUT2D eigenvalue weighted by Gasteiger charge is 2.28. The van der Waals surface area contributed by atoms with E-state index in [1.165, 1.54) is 6.39 Å². The summed E-state index contributed by atoms with van der Waals surface area (Å²) < 4.78 is 5.16. The maximum Gasteiger partial charge on any atom is 0.276 e. The first-order valence-corrected chi connectivity index (χ1v) is 8.23. The Balaban J connectivity index is 1.70. The van der Waals surface area contributed by atoms with Gasteiger partial charge in [0.25, 0.3) is 5.91 Å². The third-order valence-corrected chi connectivity index (χ3v) is 4.41. The van der Waals surface area contributed by atoms with Gasteiger partial charge in [0, 0.05) is 39.6 Å². The van der Waals surface area contributed by atoms with Gasteiger partial charge in [-0.2, -0.15) is 0 Å². The Morgan fingerprint density at radius 3 is 2.83 bits per heavy atom. The lowest BCUT2D eigenvalue weighted by molar-refractivity contribution is 0.0666. The van der Waals surface area contributed by atoms with Crippen LogP contribution in [0.5, 0.6) is 0 Å². The standard InChI is InChI=1S/C17H23N5O2/c1-12-15(20-11-24-12)17(23)22-8-4-5-13(10-22)9-14-16(21(2)3)19-7-6-18-14/h6-7,11,13H,4-5,8-10H2,1-3H3/t13-/m0/s1. The molecule has 0 aliphatic carbocycles. The van der Waals surface area contributed by atoms with Crippen LogP contribution < -0.4 is 4.90 Å². The number of piperidine rings is 1. The second-order valence-corrected chi connectivity index (χ2v) is 6.44. The Labute approximate surface area is 141 Å². The van der Waals surface area contributed by atoms with Gasteiger partial charge in [-0.15, -0.1) is 0 Å². The minimum Gasteiger partial charge on any atom is -0.448 e. The van der Waals surface area contributed by atoms with Gasteiger partial charge in [-0.1, -0.05) is 0 Å². The summed E-state index contributed by atoms with van der Waals surface area (Å²) in [5.74, 6) is 1.81. The molecule has 1 amide bonds. The molecule has 0 radical (unpaired) electrons. The fraction of sp³-hybridized carbons (Fsp3) is 0.529. The molecular weight excluding hydrogens is 306 g/mol. The number of hydrogen-bond acceptors (Lipinski definition) is 6. The molecule has 1 atom stereocenters. The van der Waals surface area contributed by atoms with E-state index in [0.29, 0.717) is 23.9 Å². The molecule has 0 unspecified atom stereocenters. The van der Waals surface area contributed by atoms with Gasteiger partial charge in [-0.25, -0.2) is 9.97 Å². The highest BCUT2D eigenvalue weighted by molar-refractivity contribution is 5.93. The molecule has 0 saturated carbocycles. The number of carbonyl (C=O) groups excluding carboxylic acids is 1. The lowest BCUT2D eigenvalue weighted by atomic mass is 9.93. The normalized spacial score (nSPS) is 17.8. The number of anilines is 1. The molecule has 0 spiro atoms. The summed E-state index contributed by atoms with van der Waals surface area (Å²) in [4.78, 5) is 29.4. The van der Waals surface area contributed by atoms with Crippen molar-refractivity contribution in [2.75, 3.05) is 32.1 Å². The molecule has 24 heavy (non-hydrogen) atoms. The van der Waals surface area contributed by atoms with Crippen molar-refractivity contribution >= 4 is 11.7 Å². The van der Waals surface area contributed by atoms with E-state index < -0.39 is 0 Å². The summed E-state index contributed by atoms with van der Waals surface area (Å²) in [7, 11) is 3.94. The van der Waals surface area contributed by atoms with E-state index in [0.717, 1.165) is 37.3 Å². The summed E-state index contributed by atoms with van der Waals surface area (Å²) in [6, 6.07) is 0. The SMILES string of the molecule is Cc1ocnc1C(=O)N1CCC[C@@H](Cc2nccnc2N(C)C)C1. The Kier molecular flexibility index (Phi) is 4.78. The quantitative estimate of drug-likeness (QED) is 0.853. The van der Waals surface area contributed by atoms with E-state index in [2.05, 4.69) is 15.0 Å². The Hall–Kier alpha value is -2.44. The highest BCUT2D eigenvalue weighted by atomic mass is 16.3. The molecule has 0 N–H and O–H groups in total. The lowest BCUT2D eigenvalue weighted by Gasteiger charge is -2.32. The highest BCUT2D eigenvalue weighted by Crippen LogP contribution is 2.24. The monoisotopic (exact) mass is 329 g/mol. The average molecular weight is 329 g/mol. The van der Waals surface area contributed by atoms with Crippen LogP contribution in [0.1, 0.15) is 34.8 Å². The minimum absolute atomic E-state index is 0.0436. The fourth-order valence-electron chi connectivity index (χ4n) is 3.23. The smallest absolute Gasteiger partial charge is 0.276 e. The maximum atomic E-state index is 12.6. The number of carbonyl (C=O) groups is 1. The number of hydrogen-bond donors (Lipinski definition) is 0. The zero-order chi connectivity index (χ0) is 17.1. The molecule has 0 bridgehead atoms. The summed E-state index contributed by atoms with van der Waals surface area (Å²) >= 11 is 0. The number of aryl methyl sites for hydroxylation is 1. The molecule has 3 heterocycles. The van der Waals surface area contributed by atoms with Crippen molar-refractivity contribution < 1.29 is 9.21 Å². The first kappa shape index (κ1) is 16.4. The molecule has 2 aromatic rings. The van der Waals surface area contributed by atoms with Crippen molar-refractivity contribution in [3.05, 3.63) is 35.9 Å². The van der Waals surface area contributed by atoms with E-state index in [9.17, 15) is 4.79 Å². The second kappa shape index (κ2) is 6.98. The van der Waals surface area contributed by atoms with Crippen LogP contribution >= 0.6 is 0 Å². The summed E-state index contributed by atoms with van der Waals surface area (Å²) in [5, 5.41) is 0. The summed E-state index contributed by atoms with van der Waals surface area (Å²) in [5.41, 5.74) is 1.41. The minimum atomic E-state index is -0.0436. The van der Waals surface area contributed by atoms with Crippen LogP contribution in [0, 0.1) is 12.8 Å². The number of oxazole rings is 1. The van der Waals surface area contributed by atoms with Crippen molar-refractivity contribution in [2.45, 2.75) is 26.2 Å². The van der Waals surface area contributed by atoms with Crippen LogP contribution in [-0.4, -0.2) is 52.9 Å². The first-order valence-electron chi connectivity index (χ1n) is 8.23. The molecule has 1 aliphatic heterocycles. The predicted molar refractivity (Wildman–Crippen MR) is 89.9 cm³/mol. The fourth-order valence-corrected chi connectivity index (χ4v) is 3.23. The van der Waals surface area contributed by atoms with Gasteiger partial charge in [0.2, 0.25) is 0 Å². The molecular formula is C17H23N5O2. The lowest BCUT2D eigenvalue weighted by Crippen LogP contribution is -2.41. The summed E-state index contributed by atoms with van der Waals surface area (Å²) in [6.07, 6.45) is 7.67. The molecule has 3 rings (SSSR count). The largest absolute Gasteiger partial charge is 0.448 e. The summed E-state index contributed by atoms with van der Waals surface area (Å²) in [6.45, 7) is 3.25. The molecule has 1 saturated heterocycles. The second-order valence-electron chi connectivity index (χ2n) is 6.44. The predicted octanol–water partition coefficient (Wildman–Crippen LogP) is 1.93. The van der Waals surface area contributed by atoms with Crippen LogP contribution in [0.25, 0.3) is 0 Å². The van der Waals surface area contributed by atoms with Gasteiger partial charge in [0.15, 0.2) is 12.1 Å². The zero-order valence-electron chi connectivity index (χ0n) is 14.4. The van der Waals surface area contributed by atoms with Crippen molar-refractivity contribution in [2.24, 2.45) is 5.92 Å². The Morgan fingerprint density at radius 1 is 1.33 bits per heavy atom. The van der Waals surface area contributed by atoms with Crippen molar-refractivity contribution in [3.63, 3.8) is 0 Å². The first-order chi connectivity index (χ1) is 11.6. The van der Waals surface area contributed by atoms with Gasteiger partial charge in [-0.3, -0.25) is 9.78 Å². The molecule has 1 aliphatic rings. The van der Waals surface area contributed by atoms with Crippen molar-refractivity contribution in [1.29, 1.82) is 0 Å². The van der Waals surface area contributed by atoms with E-state index in [1.54, 1.807) is 19.3 Å². The van der Waals surface area contributed by atoms with Gasteiger partial charge < -0.3 is 14.2 Å². The number of amides is 1. The van der Waals surface area contributed by atoms with Gasteiger partial charge in [0.1, 0.15) is 11.6 Å². The van der Waals surface area contributed by atoms with Crippen LogP contribution in [0.15, 0.2) is 23.2 Å². The molecule has 0 aromatic carbocycles. The molecule has 128 valence electrons. The topological polar surface area (TPSA) is 75.4 Å². The molecule has 7 nitrogen and oxygen atoms in total. The number of nitrogens with zero attached hydrogens (tertiary/aromatic N) is 5. The van der Waals surface area contributed by atoms with E-state index in [-0.39, 0.29) is 5.91 Å². The number of rotatable bonds is 4. The zero-order valence-corrected chi connectivity index (χ0v) is 14.4. The van der Waals surface area contributed by atoms with Crippen LogP contribution in [-0.2, 0) is 6.42 Å². The molecule has 1 fully saturated rings. The maximum absolute atomic E-state index is 12.6. The van der Waals surface area contributed by atoms with Gasteiger partial charge in [-0.05, 0) is 32.1 Å². The van der Waals surface area contributed by atoms with Crippen LogP contribution in [0.3, 0.4) is 0 Å². The van der Waals surface area contributed by atoms with Crippen molar-refractivity contribution in [1.82, 2.24) is 19.9 Å². The van der Waals surface area contributed by atoms with E-state index >= 15 is 0 Å². The average Bonchev–Trinajstić information content (AvgIpc) is 3.01. The van der Waals surface area contributed by atoms with E-state index in [1.807, 2.05) is 23.9 Å². The third-order valence-electron chi connectivity index (χ3n) is 4.41. The van der Waals surface area contributed by atoms with Gasteiger partial charge >= 0.3 is 0 Å². The van der Waals surface area contributed by atoms with Gasteiger partial charge in [0.05, 0.1) is 5.69 Å². The Bertz CT molecular complexity index is 713. The van der Waals surface area contributed by atoms with Crippen LogP contribution in [0.2, 0.25) is 0 Å². The third kappa shape index (κ3) is 3.39. The van der Waals surface area contributed by atoms with Crippen LogP contribution in [0.4, 0.5) is 5.82 Å². The van der Waals surface area contributed by atoms with E-state index in [4.69, 9.17) is 4.42 Å². The Morgan fingerprint density at radius 2 is 2.12 bits per heavy atom. The number of likely N-dealkylation sites (tertiary alicyclic amines) is 1. The van der Waals surface area contributed by atoms with Crippen molar-refractivity contribution in [3.8, 4) is 0 Å². The number of aromatic nitrogens is 3.